The quantitative estimate of drug-likeness (QED) is 0.644. The average Bonchev–Trinajstić information content (AvgIpc) is 2.02. The fourth-order valence-electron chi connectivity index (χ4n) is 1.40. The van der Waals surface area contributed by atoms with Crippen LogP contribution in [-0.4, -0.2) is 25.5 Å². The Balaban J connectivity index is 2.40. The van der Waals surface area contributed by atoms with Gasteiger partial charge in [0.1, 0.15) is 0 Å². The molecule has 0 aromatic heterocycles. The van der Waals surface area contributed by atoms with E-state index in [0.717, 1.165) is 6.54 Å². The smallest absolute Gasteiger partial charge is 0.00156 e. The lowest BCUT2D eigenvalue weighted by molar-refractivity contribution is 0.411. The second kappa shape index (κ2) is 4.10. The minimum Gasteiger partial charge on any atom is -0.309 e. The lowest BCUT2D eigenvalue weighted by Gasteiger charge is -2.23. The third kappa shape index (κ3) is 3.77. The first kappa shape index (κ1) is 10.5. The number of rotatable bonds is 3. The number of hydrogen-bond acceptors (Lipinski definition) is 1. The summed E-state index contributed by atoms with van der Waals surface area (Å²) in [5, 5.41) is 0. The van der Waals surface area contributed by atoms with Gasteiger partial charge in [-0.25, -0.2) is 0 Å². The summed E-state index contributed by atoms with van der Waals surface area (Å²) < 4.78 is 0. The highest BCUT2D eigenvalue weighted by Gasteiger charge is 2.15. The largest absolute Gasteiger partial charge is 0.309 e. The first-order valence-electron chi connectivity index (χ1n) is 5.03. The van der Waals surface area contributed by atoms with E-state index in [1.807, 2.05) is 0 Å². The van der Waals surface area contributed by atoms with Crippen molar-refractivity contribution in [3.8, 4) is 0 Å². The van der Waals surface area contributed by atoms with Gasteiger partial charge in [-0.2, -0.15) is 0 Å². The summed E-state index contributed by atoms with van der Waals surface area (Å²) in [6.07, 6.45) is 9.36. The van der Waals surface area contributed by atoms with Crippen molar-refractivity contribution in [1.29, 1.82) is 0 Å². The lowest BCUT2D eigenvalue weighted by atomic mass is 9.83. The Labute approximate surface area is 82.1 Å². The molecule has 1 aliphatic carbocycles. The molecule has 0 bridgehead atoms. The molecule has 0 aliphatic heterocycles. The van der Waals surface area contributed by atoms with Gasteiger partial charge < -0.3 is 4.90 Å². The van der Waals surface area contributed by atoms with Crippen molar-refractivity contribution in [3.63, 3.8) is 0 Å². The Bertz CT molecular complexity index is 221. The Morgan fingerprint density at radius 1 is 1.38 bits per heavy atom. The van der Waals surface area contributed by atoms with Gasteiger partial charge in [0, 0.05) is 6.54 Å². The third-order valence-corrected chi connectivity index (χ3v) is 2.49. The standard InChI is InChI=1S/C12H21N/c1-12(2)8-5-11(6-9-12)7-10-13(3)4/h5-6,8H,7,9-10H2,1-4H3. The van der Waals surface area contributed by atoms with Gasteiger partial charge in [0.05, 0.1) is 0 Å². The van der Waals surface area contributed by atoms with Crippen LogP contribution in [0, 0.1) is 5.41 Å². The lowest BCUT2D eigenvalue weighted by Crippen LogP contribution is -2.15. The number of nitrogens with zero attached hydrogens (tertiary/aromatic N) is 1. The van der Waals surface area contributed by atoms with Crippen molar-refractivity contribution in [1.82, 2.24) is 4.90 Å². The van der Waals surface area contributed by atoms with Gasteiger partial charge in [0.15, 0.2) is 0 Å². The highest BCUT2D eigenvalue weighted by atomic mass is 15.0. The molecule has 1 aliphatic rings. The van der Waals surface area contributed by atoms with Gasteiger partial charge in [-0.1, -0.05) is 37.6 Å². The molecule has 0 amide bonds. The molecule has 0 spiro atoms. The van der Waals surface area contributed by atoms with Crippen molar-refractivity contribution < 1.29 is 0 Å². The van der Waals surface area contributed by atoms with Crippen LogP contribution in [-0.2, 0) is 0 Å². The molecule has 0 aromatic carbocycles. The van der Waals surface area contributed by atoms with Crippen molar-refractivity contribution in [2.45, 2.75) is 26.7 Å². The van der Waals surface area contributed by atoms with Crippen LogP contribution < -0.4 is 0 Å². The molecule has 0 radical (unpaired) electrons. The van der Waals surface area contributed by atoms with Crippen LogP contribution >= 0.6 is 0 Å². The maximum atomic E-state index is 2.38. The molecule has 0 aromatic rings. The van der Waals surface area contributed by atoms with Crippen molar-refractivity contribution in [2.75, 3.05) is 20.6 Å². The average molecular weight is 179 g/mol. The van der Waals surface area contributed by atoms with Crippen LogP contribution in [0.3, 0.4) is 0 Å². The van der Waals surface area contributed by atoms with E-state index in [4.69, 9.17) is 0 Å². The summed E-state index contributed by atoms with van der Waals surface area (Å²) >= 11 is 0. The zero-order chi connectivity index (χ0) is 9.90. The van der Waals surface area contributed by atoms with Crippen LogP contribution in [0.15, 0.2) is 23.8 Å². The van der Waals surface area contributed by atoms with Crippen LogP contribution in [0.25, 0.3) is 0 Å². The number of hydrogen-bond donors (Lipinski definition) is 0. The summed E-state index contributed by atoms with van der Waals surface area (Å²) in [5.41, 5.74) is 1.87. The molecular formula is C12H21N. The normalized spacial score (nSPS) is 20.5. The van der Waals surface area contributed by atoms with Gasteiger partial charge in [-0.05, 0) is 32.4 Å². The van der Waals surface area contributed by atoms with Crippen LogP contribution in [0.2, 0.25) is 0 Å². The molecule has 0 saturated carbocycles. The summed E-state index contributed by atoms with van der Waals surface area (Å²) in [5.74, 6) is 0. The van der Waals surface area contributed by atoms with Crippen molar-refractivity contribution >= 4 is 0 Å². The molecule has 1 heteroatoms. The second-order valence-corrected chi connectivity index (χ2v) is 4.86. The van der Waals surface area contributed by atoms with Crippen molar-refractivity contribution in [2.24, 2.45) is 5.41 Å². The van der Waals surface area contributed by atoms with E-state index in [-0.39, 0.29) is 0 Å². The van der Waals surface area contributed by atoms with Gasteiger partial charge in [-0.3, -0.25) is 0 Å². The topological polar surface area (TPSA) is 3.24 Å². The molecule has 0 N–H and O–H groups in total. The monoisotopic (exact) mass is 179 g/mol. The molecule has 13 heavy (non-hydrogen) atoms. The predicted molar refractivity (Wildman–Crippen MR) is 58.8 cm³/mol. The Morgan fingerprint density at radius 2 is 2.08 bits per heavy atom. The maximum absolute atomic E-state index is 2.38. The summed E-state index contributed by atoms with van der Waals surface area (Å²) in [7, 11) is 4.24. The van der Waals surface area contributed by atoms with E-state index in [0.29, 0.717) is 5.41 Å². The van der Waals surface area contributed by atoms with E-state index in [1.165, 1.54) is 18.4 Å². The first-order chi connectivity index (χ1) is 5.99. The Kier molecular flexibility index (Phi) is 3.32. The highest BCUT2D eigenvalue weighted by Crippen LogP contribution is 2.28. The summed E-state index contributed by atoms with van der Waals surface area (Å²) in [6, 6.07) is 0. The molecular weight excluding hydrogens is 158 g/mol. The Hall–Kier alpha value is -0.560. The van der Waals surface area contributed by atoms with E-state index < -0.39 is 0 Å². The molecule has 0 heterocycles. The number of allylic oxidation sites excluding steroid dienone is 3. The second-order valence-electron chi connectivity index (χ2n) is 4.86. The third-order valence-electron chi connectivity index (χ3n) is 2.49. The van der Waals surface area contributed by atoms with Gasteiger partial charge >= 0.3 is 0 Å². The molecule has 1 rings (SSSR count). The molecule has 0 saturated heterocycles. The maximum Gasteiger partial charge on any atom is 0.00156 e. The highest BCUT2D eigenvalue weighted by molar-refractivity contribution is 5.25. The minimum absolute atomic E-state index is 0.377. The van der Waals surface area contributed by atoms with Crippen molar-refractivity contribution in [3.05, 3.63) is 23.8 Å². The first-order valence-corrected chi connectivity index (χ1v) is 5.03. The zero-order valence-corrected chi connectivity index (χ0v) is 9.30. The van der Waals surface area contributed by atoms with Crippen LogP contribution in [0.1, 0.15) is 26.7 Å². The van der Waals surface area contributed by atoms with Gasteiger partial charge in [0.25, 0.3) is 0 Å². The Morgan fingerprint density at radius 3 is 2.54 bits per heavy atom. The fraction of sp³-hybridized carbons (Fsp3) is 0.667. The SMILES string of the molecule is CN(C)CCC1=CCC(C)(C)C=C1. The fourth-order valence-corrected chi connectivity index (χ4v) is 1.40. The van der Waals surface area contributed by atoms with Gasteiger partial charge in [-0.15, -0.1) is 0 Å². The van der Waals surface area contributed by atoms with E-state index in [1.54, 1.807) is 0 Å². The van der Waals surface area contributed by atoms with Gasteiger partial charge in [0.2, 0.25) is 0 Å². The minimum atomic E-state index is 0.377. The molecule has 0 atom stereocenters. The molecule has 1 nitrogen and oxygen atoms in total. The predicted octanol–water partition coefficient (Wildman–Crippen LogP) is 2.85. The summed E-state index contributed by atoms with van der Waals surface area (Å²) in [4.78, 5) is 2.23. The van der Waals surface area contributed by atoms with E-state index in [2.05, 4.69) is 51.1 Å². The van der Waals surface area contributed by atoms with E-state index >= 15 is 0 Å². The molecule has 0 fully saturated rings. The molecule has 0 unspecified atom stereocenters. The van der Waals surface area contributed by atoms with Crippen LogP contribution in [0.5, 0.6) is 0 Å². The molecule has 74 valence electrons. The van der Waals surface area contributed by atoms with Crippen LogP contribution in [0.4, 0.5) is 0 Å². The zero-order valence-electron chi connectivity index (χ0n) is 9.30. The van der Waals surface area contributed by atoms with E-state index in [9.17, 15) is 0 Å². The summed E-state index contributed by atoms with van der Waals surface area (Å²) in [6.45, 7) is 5.71.